The van der Waals surface area contributed by atoms with Crippen LogP contribution in [0.1, 0.15) is 6.92 Å². The molecule has 2 amide bonds. The molecule has 1 aromatic carbocycles. The Balaban J connectivity index is 1.86. The number of carbonyl (C=O) groups is 2. The molecular formula is C12H14N2O6S. The number of β-lactam (4-membered cyclic amide) rings is 1. The van der Waals surface area contributed by atoms with Gasteiger partial charge < -0.3 is 10.1 Å². The second kappa shape index (κ2) is 5.70. The summed E-state index contributed by atoms with van der Waals surface area (Å²) in [5.41, 5.74) is 0. The maximum atomic E-state index is 11.6. The number of hydrogen-bond donors (Lipinski definition) is 2. The summed E-state index contributed by atoms with van der Waals surface area (Å²) < 4.78 is 36.1. The van der Waals surface area contributed by atoms with Crippen LogP contribution >= 0.6 is 0 Å². The van der Waals surface area contributed by atoms with Crippen LogP contribution in [0.5, 0.6) is 5.75 Å². The molecule has 8 nitrogen and oxygen atoms in total. The summed E-state index contributed by atoms with van der Waals surface area (Å²) in [6, 6.07) is 6.80. The van der Waals surface area contributed by atoms with E-state index in [0.29, 0.717) is 10.1 Å². The second-order valence-electron chi connectivity index (χ2n) is 4.50. The van der Waals surface area contributed by atoms with Crippen LogP contribution in [0.2, 0.25) is 0 Å². The standard InChI is InChI=1S/C12H14N2O6S/c1-8-11(12(16)14(8)21(17,18)19)13-10(15)7-20-9-5-3-2-4-6-9/h2-6,8,11H,7H2,1H3,(H,13,15)(H,17,18,19)/t8-,11+/m1/s1. The molecule has 1 aromatic rings. The molecule has 0 bridgehead atoms. The largest absolute Gasteiger partial charge is 0.484 e. The van der Waals surface area contributed by atoms with Gasteiger partial charge in [-0.2, -0.15) is 8.42 Å². The third kappa shape index (κ3) is 3.31. The van der Waals surface area contributed by atoms with Gasteiger partial charge in [0.15, 0.2) is 6.61 Å². The molecule has 2 rings (SSSR count). The van der Waals surface area contributed by atoms with Crippen molar-refractivity contribution in [3.63, 3.8) is 0 Å². The normalized spacial score (nSPS) is 21.6. The van der Waals surface area contributed by atoms with Crippen LogP contribution in [0.3, 0.4) is 0 Å². The molecule has 0 radical (unpaired) electrons. The molecule has 0 aromatic heterocycles. The molecule has 9 heteroatoms. The lowest BCUT2D eigenvalue weighted by Gasteiger charge is -2.42. The van der Waals surface area contributed by atoms with E-state index in [1.165, 1.54) is 6.92 Å². The summed E-state index contributed by atoms with van der Waals surface area (Å²) in [5.74, 6) is -0.933. The molecule has 2 N–H and O–H groups in total. The van der Waals surface area contributed by atoms with E-state index < -0.39 is 34.2 Å². The van der Waals surface area contributed by atoms with E-state index in [-0.39, 0.29) is 6.61 Å². The Morgan fingerprint density at radius 2 is 2.00 bits per heavy atom. The third-order valence-corrected chi connectivity index (χ3v) is 4.02. The third-order valence-electron chi connectivity index (χ3n) is 3.01. The average Bonchev–Trinajstić information content (AvgIpc) is 2.42. The van der Waals surface area contributed by atoms with Crippen molar-refractivity contribution in [1.29, 1.82) is 0 Å². The Labute approximate surface area is 121 Å². The minimum atomic E-state index is -4.59. The van der Waals surface area contributed by atoms with Crippen molar-refractivity contribution in [3.05, 3.63) is 30.3 Å². The molecule has 0 aliphatic carbocycles. The maximum absolute atomic E-state index is 11.6. The van der Waals surface area contributed by atoms with Crippen LogP contribution < -0.4 is 10.1 Å². The van der Waals surface area contributed by atoms with Gasteiger partial charge in [-0.15, -0.1) is 0 Å². The molecule has 21 heavy (non-hydrogen) atoms. The highest BCUT2D eigenvalue weighted by Gasteiger charge is 2.51. The summed E-state index contributed by atoms with van der Waals surface area (Å²) >= 11 is 0. The fourth-order valence-electron chi connectivity index (χ4n) is 1.98. The second-order valence-corrected chi connectivity index (χ2v) is 5.79. The predicted octanol–water partition coefficient (Wildman–Crippen LogP) is -0.416. The van der Waals surface area contributed by atoms with Crippen LogP contribution in [0.4, 0.5) is 0 Å². The van der Waals surface area contributed by atoms with E-state index in [1.807, 2.05) is 0 Å². The van der Waals surface area contributed by atoms with E-state index in [1.54, 1.807) is 30.3 Å². The Morgan fingerprint density at radius 3 is 2.52 bits per heavy atom. The molecule has 0 saturated carbocycles. The van der Waals surface area contributed by atoms with Crippen LogP contribution in [-0.4, -0.2) is 47.8 Å². The zero-order chi connectivity index (χ0) is 15.6. The molecule has 1 aliphatic rings. The van der Waals surface area contributed by atoms with E-state index in [2.05, 4.69) is 5.32 Å². The zero-order valence-electron chi connectivity index (χ0n) is 11.1. The first-order valence-electron chi connectivity index (χ1n) is 6.08. The molecule has 1 saturated heterocycles. The number of carbonyl (C=O) groups excluding carboxylic acids is 2. The van der Waals surface area contributed by atoms with Crippen LogP contribution in [0, 0.1) is 0 Å². The van der Waals surface area contributed by atoms with Crippen molar-refractivity contribution < 1.29 is 27.3 Å². The Kier molecular flexibility index (Phi) is 4.14. The lowest BCUT2D eigenvalue weighted by molar-refractivity contribution is -0.145. The van der Waals surface area contributed by atoms with Crippen molar-refractivity contribution in [2.75, 3.05) is 6.61 Å². The number of benzene rings is 1. The summed E-state index contributed by atoms with van der Waals surface area (Å²) in [6.07, 6.45) is 0. The first-order valence-corrected chi connectivity index (χ1v) is 7.48. The van der Waals surface area contributed by atoms with Gasteiger partial charge in [0.2, 0.25) is 0 Å². The molecule has 1 fully saturated rings. The number of nitrogens with one attached hydrogen (secondary N) is 1. The lowest BCUT2D eigenvalue weighted by Crippen LogP contribution is -2.71. The number of rotatable bonds is 5. The number of ether oxygens (including phenoxy) is 1. The van der Waals surface area contributed by atoms with Crippen molar-refractivity contribution in [1.82, 2.24) is 9.62 Å². The van der Waals surface area contributed by atoms with Gasteiger partial charge in [0, 0.05) is 0 Å². The Morgan fingerprint density at radius 1 is 1.38 bits per heavy atom. The highest BCUT2D eigenvalue weighted by Crippen LogP contribution is 2.22. The molecule has 1 aliphatic heterocycles. The van der Waals surface area contributed by atoms with Gasteiger partial charge in [0.05, 0.1) is 6.04 Å². The van der Waals surface area contributed by atoms with Gasteiger partial charge in [-0.1, -0.05) is 18.2 Å². The van der Waals surface area contributed by atoms with Crippen molar-refractivity contribution >= 4 is 22.1 Å². The quantitative estimate of drug-likeness (QED) is 0.564. The minimum absolute atomic E-state index is 0.299. The van der Waals surface area contributed by atoms with E-state index in [9.17, 15) is 18.0 Å². The fourth-order valence-corrected chi connectivity index (χ4v) is 2.87. The molecule has 2 atom stereocenters. The topological polar surface area (TPSA) is 113 Å². The minimum Gasteiger partial charge on any atom is -0.484 e. The Bertz CT molecular complexity index is 645. The van der Waals surface area contributed by atoms with Gasteiger partial charge in [-0.3, -0.25) is 14.1 Å². The fraction of sp³-hybridized carbons (Fsp3) is 0.333. The van der Waals surface area contributed by atoms with Crippen molar-refractivity contribution in [3.8, 4) is 5.75 Å². The number of hydrogen-bond acceptors (Lipinski definition) is 5. The summed E-state index contributed by atoms with van der Waals surface area (Å²) in [4.78, 5) is 23.2. The van der Waals surface area contributed by atoms with Crippen LogP contribution in [0.25, 0.3) is 0 Å². The van der Waals surface area contributed by atoms with Gasteiger partial charge in [-0.25, -0.2) is 4.31 Å². The lowest BCUT2D eigenvalue weighted by atomic mass is 10.0. The highest BCUT2D eigenvalue weighted by molar-refractivity contribution is 7.84. The van der Waals surface area contributed by atoms with Crippen LogP contribution in [0.15, 0.2) is 30.3 Å². The number of para-hydroxylation sites is 1. The first-order chi connectivity index (χ1) is 9.80. The van der Waals surface area contributed by atoms with Gasteiger partial charge >= 0.3 is 10.3 Å². The van der Waals surface area contributed by atoms with Crippen molar-refractivity contribution in [2.45, 2.75) is 19.0 Å². The SMILES string of the molecule is C[C@@H]1[C@H](NC(=O)COc2ccccc2)C(=O)N1S(=O)(=O)O. The molecular weight excluding hydrogens is 300 g/mol. The average molecular weight is 314 g/mol. The Hall–Kier alpha value is -2.13. The summed E-state index contributed by atoms with van der Waals surface area (Å²) in [6.45, 7) is 1.10. The van der Waals surface area contributed by atoms with Gasteiger partial charge in [0.1, 0.15) is 11.8 Å². The molecule has 0 spiro atoms. The van der Waals surface area contributed by atoms with Gasteiger partial charge in [0.25, 0.3) is 11.8 Å². The highest BCUT2D eigenvalue weighted by atomic mass is 32.2. The van der Waals surface area contributed by atoms with E-state index in [0.717, 1.165) is 0 Å². The van der Waals surface area contributed by atoms with Crippen molar-refractivity contribution in [2.24, 2.45) is 0 Å². The van der Waals surface area contributed by atoms with Gasteiger partial charge in [-0.05, 0) is 19.1 Å². The predicted molar refractivity (Wildman–Crippen MR) is 71.7 cm³/mol. The smallest absolute Gasteiger partial charge is 0.362 e. The first kappa shape index (κ1) is 15.3. The molecule has 114 valence electrons. The number of nitrogens with zero attached hydrogens (tertiary/aromatic N) is 1. The van der Waals surface area contributed by atoms with E-state index >= 15 is 0 Å². The maximum Gasteiger partial charge on any atom is 0.362 e. The monoisotopic (exact) mass is 314 g/mol. The molecule has 1 heterocycles. The zero-order valence-corrected chi connectivity index (χ0v) is 11.9. The summed E-state index contributed by atoms with van der Waals surface area (Å²) in [7, 11) is -4.59. The number of amides is 2. The van der Waals surface area contributed by atoms with E-state index in [4.69, 9.17) is 9.29 Å². The molecule has 0 unspecified atom stereocenters. The summed E-state index contributed by atoms with van der Waals surface area (Å²) in [5, 5.41) is 2.36. The van der Waals surface area contributed by atoms with Crippen LogP contribution in [-0.2, 0) is 19.9 Å².